The van der Waals surface area contributed by atoms with Gasteiger partial charge in [0.15, 0.2) is 5.82 Å². The Hall–Kier alpha value is -3.81. The Labute approximate surface area is 205 Å². The first kappa shape index (κ1) is 24.3. The number of aromatic nitrogens is 2. The molecule has 2 heterocycles. The fourth-order valence-corrected chi connectivity index (χ4v) is 4.11. The average molecular weight is 476 g/mol. The molecule has 7 nitrogen and oxygen atoms in total. The highest BCUT2D eigenvalue weighted by Gasteiger charge is 2.26. The highest BCUT2D eigenvalue weighted by molar-refractivity contribution is 5.96. The van der Waals surface area contributed by atoms with Crippen LogP contribution in [0.15, 0.2) is 66.7 Å². The molecule has 182 valence electrons. The molecule has 1 fully saturated rings. The zero-order valence-electron chi connectivity index (χ0n) is 19.9. The minimum absolute atomic E-state index is 0.0130. The molecule has 0 saturated carbocycles. The lowest BCUT2D eigenvalue weighted by Gasteiger charge is -2.36. The zero-order valence-corrected chi connectivity index (χ0v) is 19.9. The maximum absolute atomic E-state index is 13.6. The Morgan fingerprint density at radius 1 is 0.943 bits per heavy atom. The van der Waals surface area contributed by atoms with Crippen LogP contribution in [0.25, 0.3) is 11.3 Å². The molecule has 1 aliphatic rings. The molecule has 0 bridgehead atoms. The van der Waals surface area contributed by atoms with E-state index in [0.717, 1.165) is 29.9 Å². The Kier molecular flexibility index (Phi) is 8.03. The normalized spacial score (nSPS) is 13.5. The van der Waals surface area contributed by atoms with Crippen molar-refractivity contribution in [3.63, 3.8) is 0 Å². The molecule has 3 aromatic rings. The summed E-state index contributed by atoms with van der Waals surface area (Å²) in [4.78, 5) is 31.4. The highest BCUT2D eigenvalue weighted by Crippen LogP contribution is 2.19. The van der Waals surface area contributed by atoms with Crippen molar-refractivity contribution in [1.82, 2.24) is 20.0 Å². The monoisotopic (exact) mass is 475 g/mol. The molecule has 8 heteroatoms. The zero-order chi connectivity index (χ0) is 24.6. The number of anilines is 1. The Morgan fingerprint density at radius 3 is 2.37 bits per heavy atom. The van der Waals surface area contributed by atoms with Crippen molar-refractivity contribution in [3.8, 4) is 11.3 Å². The number of benzene rings is 2. The number of amides is 2. The summed E-state index contributed by atoms with van der Waals surface area (Å²) < 4.78 is 13.6. The Balaban J connectivity index is 1.34. The number of hydrogen-bond acceptors (Lipinski definition) is 5. The predicted octanol–water partition coefficient (Wildman–Crippen LogP) is 3.87. The predicted molar refractivity (Wildman–Crippen MR) is 133 cm³/mol. The molecule has 0 atom stereocenters. The van der Waals surface area contributed by atoms with Crippen LogP contribution in [0, 0.1) is 5.82 Å². The minimum atomic E-state index is -0.464. The van der Waals surface area contributed by atoms with Crippen LogP contribution in [0.1, 0.15) is 30.1 Å². The van der Waals surface area contributed by atoms with Gasteiger partial charge in [0.05, 0.1) is 5.69 Å². The van der Waals surface area contributed by atoms with Crippen LogP contribution < -0.4 is 4.90 Å². The molecule has 1 aromatic heterocycles. The summed E-state index contributed by atoms with van der Waals surface area (Å²) in [7, 11) is 0. The molecule has 4 rings (SSSR count). The van der Waals surface area contributed by atoms with E-state index in [1.165, 1.54) is 23.1 Å². The average Bonchev–Trinajstić information content (AvgIpc) is 2.91. The second kappa shape index (κ2) is 11.6. The number of carbonyl (C=O) groups excluding carboxylic acids is 2. The quantitative estimate of drug-likeness (QED) is 0.495. The maximum atomic E-state index is 13.6. The van der Waals surface area contributed by atoms with Crippen LogP contribution >= 0.6 is 0 Å². The molecule has 2 amide bonds. The first-order valence-electron chi connectivity index (χ1n) is 12.0. The second-order valence-electron chi connectivity index (χ2n) is 8.60. The van der Waals surface area contributed by atoms with Crippen LogP contribution in [0.5, 0.6) is 0 Å². The Morgan fingerprint density at radius 2 is 1.71 bits per heavy atom. The standard InChI is InChI=1S/C27H30FN5O2/c1-2-3-14-33(27(35)22-10-7-11-23(28)19-22)20-26(34)32-17-15-31(16-18-32)25-13-12-24(29-30-25)21-8-5-4-6-9-21/h4-13,19H,2-3,14-18,20H2,1H3. The van der Waals surface area contributed by atoms with Gasteiger partial charge >= 0.3 is 0 Å². The summed E-state index contributed by atoms with van der Waals surface area (Å²) in [5.41, 5.74) is 2.09. The molecule has 0 unspecified atom stereocenters. The number of piperazine rings is 1. The third-order valence-corrected chi connectivity index (χ3v) is 6.14. The van der Waals surface area contributed by atoms with Crippen LogP contribution in [-0.4, -0.2) is 71.1 Å². The fraction of sp³-hybridized carbons (Fsp3) is 0.333. The number of rotatable bonds is 8. The summed E-state index contributed by atoms with van der Waals surface area (Å²) in [6.07, 6.45) is 1.67. The molecular weight excluding hydrogens is 445 g/mol. The molecule has 2 aromatic carbocycles. The third-order valence-electron chi connectivity index (χ3n) is 6.14. The molecule has 0 aliphatic carbocycles. The summed E-state index contributed by atoms with van der Waals surface area (Å²) in [6.45, 7) is 4.83. The van der Waals surface area contributed by atoms with Gasteiger partial charge in [0.2, 0.25) is 5.91 Å². The first-order valence-corrected chi connectivity index (χ1v) is 12.0. The fourth-order valence-electron chi connectivity index (χ4n) is 4.11. The van der Waals surface area contributed by atoms with Gasteiger partial charge in [0, 0.05) is 43.9 Å². The molecule has 1 aliphatic heterocycles. The van der Waals surface area contributed by atoms with Crippen LogP contribution in [0.3, 0.4) is 0 Å². The largest absolute Gasteiger partial charge is 0.352 e. The molecule has 1 saturated heterocycles. The van der Waals surface area contributed by atoms with Gasteiger partial charge in [-0.2, -0.15) is 0 Å². The van der Waals surface area contributed by atoms with Crippen molar-refractivity contribution in [1.29, 1.82) is 0 Å². The number of carbonyl (C=O) groups is 2. The lowest BCUT2D eigenvalue weighted by molar-refractivity contribution is -0.132. The maximum Gasteiger partial charge on any atom is 0.254 e. The van der Waals surface area contributed by atoms with Gasteiger partial charge in [-0.3, -0.25) is 9.59 Å². The molecule has 0 spiro atoms. The topological polar surface area (TPSA) is 69.6 Å². The van der Waals surface area contributed by atoms with E-state index in [1.54, 1.807) is 11.0 Å². The van der Waals surface area contributed by atoms with Gasteiger partial charge in [-0.15, -0.1) is 10.2 Å². The van der Waals surface area contributed by atoms with Crippen molar-refractivity contribution >= 4 is 17.6 Å². The van der Waals surface area contributed by atoms with Crippen molar-refractivity contribution in [3.05, 3.63) is 78.1 Å². The van der Waals surface area contributed by atoms with Crippen molar-refractivity contribution in [2.45, 2.75) is 19.8 Å². The van der Waals surface area contributed by atoms with E-state index in [-0.39, 0.29) is 23.9 Å². The third kappa shape index (κ3) is 6.20. The molecular formula is C27H30FN5O2. The van der Waals surface area contributed by atoms with Crippen molar-refractivity contribution < 1.29 is 14.0 Å². The molecule has 35 heavy (non-hydrogen) atoms. The van der Waals surface area contributed by atoms with Gasteiger partial charge in [-0.1, -0.05) is 49.7 Å². The summed E-state index contributed by atoms with van der Waals surface area (Å²) in [5, 5.41) is 8.74. The van der Waals surface area contributed by atoms with Gasteiger partial charge < -0.3 is 14.7 Å². The number of hydrogen-bond donors (Lipinski definition) is 0. The van der Waals surface area contributed by atoms with E-state index in [9.17, 15) is 14.0 Å². The van der Waals surface area contributed by atoms with Crippen LogP contribution in [-0.2, 0) is 4.79 Å². The lowest BCUT2D eigenvalue weighted by atomic mass is 10.1. The van der Waals surface area contributed by atoms with Crippen LogP contribution in [0.2, 0.25) is 0 Å². The summed E-state index contributed by atoms with van der Waals surface area (Å²) >= 11 is 0. The van der Waals surface area contributed by atoms with E-state index in [4.69, 9.17) is 0 Å². The van der Waals surface area contributed by atoms with E-state index in [0.29, 0.717) is 32.7 Å². The minimum Gasteiger partial charge on any atom is -0.352 e. The van der Waals surface area contributed by atoms with Crippen molar-refractivity contribution in [2.75, 3.05) is 44.2 Å². The second-order valence-corrected chi connectivity index (χ2v) is 8.60. The van der Waals surface area contributed by atoms with Gasteiger partial charge in [-0.05, 0) is 36.8 Å². The van der Waals surface area contributed by atoms with Gasteiger partial charge in [0.1, 0.15) is 12.4 Å². The lowest BCUT2D eigenvalue weighted by Crippen LogP contribution is -2.52. The number of nitrogens with zero attached hydrogens (tertiary/aromatic N) is 5. The van der Waals surface area contributed by atoms with E-state index in [2.05, 4.69) is 15.1 Å². The first-order chi connectivity index (χ1) is 17.0. The smallest absolute Gasteiger partial charge is 0.254 e. The summed E-state index contributed by atoms with van der Waals surface area (Å²) in [5.74, 6) is -0.106. The van der Waals surface area contributed by atoms with Crippen molar-refractivity contribution in [2.24, 2.45) is 0 Å². The Bertz CT molecular complexity index is 1130. The van der Waals surface area contributed by atoms with E-state index < -0.39 is 5.82 Å². The van der Waals surface area contributed by atoms with Crippen LogP contribution in [0.4, 0.5) is 10.2 Å². The van der Waals surface area contributed by atoms with Gasteiger partial charge in [-0.25, -0.2) is 4.39 Å². The molecule has 0 N–H and O–H groups in total. The molecule has 0 radical (unpaired) electrons. The number of halogens is 1. The SMILES string of the molecule is CCCCN(CC(=O)N1CCN(c2ccc(-c3ccccc3)nn2)CC1)C(=O)c1cccc(F)c1. The van der Waals surface area contributed by atoms with E-state index in [1.807, 2.05) is 49.4 Å². The summed E-state index contributed by atoms with van der Waals surface area (Å²) in [6, 6.07) is 19.4. The van der Waals surface area contributed by atoms with Gasteiger partial charge in [0.25, 0.3) is 5.91 Å². The highest BCUT2D eigenvalue weighted by atomic mass is 19.1. The number of unbranched alkanes of at least 4 members (excludes halogenated alkanes) is 1. The van der Waals surface area contributed by atoms with E-state index >= 15 is 0 Å².